The molecule has 258 valence electrons. The van der Waals surface area contributed by atoms with Crippen LogP contribution in [0.25, 0.3) is 0 Å². The van der Waals surface area contributed by atoms with E-state index < -0.39 is 24.3 Å². The highest BCUT2D eigenvalue weighted by Crippen LogP contribution is 2.52. The molecule has 0 bridgehead atoms. The summed E-state index contributed by atoms with van der Waals surface area (Å²) in [5, 5.41) is 1.46. The summed E-state index contributed by atoms with van der Waals surface area (Å²) in [6.45, 7) is 0. The van der Waals surface area contributed by atoms with Crippen molar-refractivity contribution in [3.8, 4) is 34.5 Å². The van der Waals surface area contributed by atoms with Crippen LogP contribution >= 0.6 is 24.3 Å². The number of para-hydroxylation sites is 6. The lowest BCUT2D eigenvalue weighted by Gasteiger charge is -2.26. The van der Waals surface area contributed by atoms with E-state index in [1.165, 1.54) is 0 Å². The summed E-state index contributed by atoms with van der Waals surface area (Å²) < 4.78 is 54.4. The third kappa shape index (κ3) is 8.65. The zero-order valence-corrected chi connectivity index (χ0v) is 30.4. The summed E-state index contributed by atoms with van der Waals surface area (Å²) in [5.41, 5.74) is 0. The SMILES string of the molecule is O=P(c1ccccc1)(c1ccccc1OP(Oc1ccccc1)Oc1ccccc1)c1ccccc1OP(Oc1ccccc1)Oc1ccccc1. The topological polar surface area (TPSA) is 72.5 Å². The van der Waals surface area contributed by atoms with Gasteiger partial charge < -0.3 is 31.7 Å². The first-order chi connectivity index (χ1) is 25.6. The van der Waals surface area contributed by atoms with Crippen molar-refractivity contribution in [3.63, 3.8) is 0 Å². The van der Waals surface area contributed by atoms with Crippen LogP contribution in [0.1, 0.15) is 0 Å². The van der Waals surface area contributed by atoms with E-state index in [4.69, 9.17) is 27.1 Å². The Morgan fingerprint density at radius 3 is 0.904 bits per heavy atom. The molecule has 0 atom stereocenters. The molecule has 0 unspecified atom stereocenters. The molecule has 0 spiro atoms. The van der Waals surface area contributed by atoms with E-state index in [0.29, 0.717) is 50.4 Å². The van der Waals surface area contributed by atoms with Crippen molar-refractivity contribution in [2.24, 2.45) is 0 Å². The smallest absolute Gasteiger partial charge is 0.409 e. The van der Waals surface area contributed by atoms with Gasteiger partial charge in [0.25, 0.3) is 0 Å². The molecule has 7 aromatic rings. The van der Waals surface area contributed by atoms with Gasteiger partial charge in [0.15, 0.2) is 7.14 Å². The molecular weight excluding hydrogens is 709 g/mol. The average molecular weight is 743 g/mol. The minimum atomic E-state index is -3.75. The van der Waals surface area contributed by atoms with Gasteiger partial charge in [-0.3, -0.25) is 0 Å². The molecule has 0 aliphatic rings. The standard InChI is InChI=1S/C42H33O7P3/c43-52(38-28-14-5-15-29-38,41-32-18-16-30-39(41)48-50(44-34-20-6-1-7-21-34)45-35-22-8-2-9-23-35)42-33-19-17-31-40(42)49-51(46-36-24-10-3-11-25-36)47-37-26-12-4-13-27-37/h1-33H. The van der Waals surface area contributed by atoms with Gasteiger partial charge in [0.05, 0.1) is 10.6 Å². The van der Waals surface area contributed by atoms with Crippen LogP contribution in [0.3, 0.4) is 0 Å². The van der Waals surface area contributed by atoms with Crippen molar-refractivity contribution in [2.45, 2.75) is 0 Å². The lowest BCUT2D eigenvalue weighted by atomic mass is 10.3. The van der Waals surface area contributed by atoms with Crippen LogP contribution in [0.5, 0.6) is 34.5 Å². The Balaban J connectivity index is 1.30. The molecule has 0 aromatic heterocycles. The first-order valence-electron chi connectivity index (χ1n) is 16.4. The fraction of sp³-hybridized carbons (Fsp3) is 0. The summed E-state index contributed by atoms with van der Waals surface area (Å²) in [5.74, 6) is 2.94. The third-order valence-corrected chi connectivity index (χ3v) is 12.8. The van der Waals surface area contributed by atoms with Gasteiger partial charge in [0, 0.05) is 5.30 Å². The maximum Gasteiger partial charge on any atom is 0.530 e. The number of hydrogen-bond acceptors (Lipinski definition) is 7. The number of benzene rings is 7. The van der Waals surface area contributed by atoms with Gasteiger partial charge in [0.1, 0.15) is 34.5 Å². The normalized spacial score (nSPS) is 11.1. The van der Waals surface area contributed by atoms with E-state index in [0.717, 1.165) is 0 Å². The van der Waals surface area contributed by atoms with E-state index >= 15 is 4.57 Å². The molecule has 10 heteroatoms. The highest BCUT2D eigenvalue weighted by Gasteiger charge is 2.38. The lowest BCUT2D eigenvalue weighted by Crippen LogP contribution is -2.27. The van der Waals surface area contributed by atoms with Crippen LogP contribution in [0.2, 0.25) is 0 Å². The first-order valence-corrected chi connectivity index (χ1v) is 20.3. The van der Waals surface area contributed by atoms with Crippen molar-refractivity contribution in [3.05, 3.63) is 200 Å². The zero-order chi connectivity index (χ0) is 35.4. The van der Waals surface area contributed by atoms with Gasteiger partial charge in [-0.2, -0.15) is 0 Å². The lowest BCUT2D eigenvalue weighted by molar-refractivity contribution is 0.388. The Hall–Kier alpha value is -5.57. The molecule has 0 amide bonds. The molecule has 0 saturated heterocycles. The quantitative estimate of drug-likeness (QED) is 0.0969. The Morgan fingerprint density at radius 2 is 0.577 bits per heavy atom. The van der Waals surface area contributed by atoms with Crippen LogP contribution in [0.4, 0.5) is 0 Å². The van der Waals surface area contributed by atoms with E-state index in [-0.39, 0.29) is 0 Å². The second-order valence-corrected chi connectivity index (χ2v) is 15.8. The maximum absolute atomic E-state index is 16.1. The van der Waals surface area contributed by atoms with Crippen LogP contribution in [-0.2, 0) is 4.57 Å². The molecule has 7 rings (SSSR count). The molecule has 0 heterocycles. The minimum absolute atomic E-state index is 0.339. The van der Waals surface area contributed by atoms with Gasteiger partial charge in [0.2, 0.25) is 0 Å². The molecule has 0 aliphatic carbocycles. The Labute approximate surface area is 305 Å². The molecule has 0 fully saturated rings. The van der Waals surface area contributed by atoms with Gasteiger partial charge >= 0.3 is 17.2 Å². The molecule has 7 nitrogen and oxygen atoms in total. The monoisotopic (exact) mass is 742 g/mol. The van der Waals surface area contributed by atoms with Crippen LogP contribution in [-0.4, -0.2) is 0 Å². The largest absolute Gasteiger partial charge is 0.530 e. The summed E-state index contributed by atoms with van der Waals surface area (Å²) >= 11 is 0. The first kappa shape index (κ1) is 34.9. The third-order valence-electron chi connectivity index (χ3n) is 7.57. The van der Waals surface area contributed by atoms with Gasteiger partial charge in [-0.05, 0) is 72.8 Å². The van der Waals surface area contributed by atoms with Crippen LogP contribution in [0.15, 0.2) is 200 Å². The predicted molar refractivity (Wildman–Crippen MR) is 209 cm³/mol. The van der Waals surface area contributed by atoms with Crippen molar-refractivity contribution < 1.29 is 31.7 Å². The van der Waals surface area contributed by atoms with Crippen LogP contribution in [0, 0.1) is 0 Å². The molecule has 0 N–H and O–H groups in total. The molecule has 0 saturated carbocycles. The van der Waals surface area contributed by atoms with Crippen molar-refractivity contribution >= 4 is 40.3 Å². The number of hydrogen-bond donors (Lipinski definition) is 0. The zero-order valence-electron chi connectivity index (χ0n) is 27.8. The van der Waals surface area contributed by atoms with E-state index in [1.54, 1.807) is 12.1 Å². The molecule has 0 aliphatic heterocycles. The summed E-state index contributed by atoms with van der Waals surface area (Å²) in [6, 6.07) is 61.0. The second kappa shape index (κ2) is 17.1. The second-order valence-electron chi connectivity index (χ2n) is 11.1. The summed E-state index contributed by atoms with van der Waals surface area (Å²) in [6.07, 6.45) is 0. The molecule has 0 radical (unpaired) electrons. The van der Waals surface area contributed by atoms with E-state index in [1.807, 2.05) is 188 Å². The van der Waals surface area contributed by atoms with E-state index in [2.05, 4.69) is 0 Å². The fourth-order valence-corrected chi connectivity index (χ4v) is 10.2. The summed E-state index contributed by atoms with van der Waals surface area (Å²) in [4.78, 5) is 0. The predicted octanol–water partition coefficient (Wildman–Crippen LogP) is 10.9. The van der Waals surface area contributed by atoms with Crippen molar-refractivity contribution in [2.75, 3.05) is 0 Å². The van der Waals surface area contributed by atoms with Gasteiger partial charge in [-0.1, -0.05) is 127 Å². The highest BCUT2D eigenvalue weighted by atomic mass is 31.2. The Bertz CT molecular complexity index is 1970. The minimum Gasteiger partial charge on any atom is -0.409 e. The van der Waals surface area contributed by atoms with Gasteiger partial charge in [-0.15, -0.1) is 0 Å². The summed E-state index contributed by atoms with van der Waals surface area (Å²) in [7, 11) is -7.86. The maximum atomic E-state index is 16.1. The van der Waals surface area contributed by atoms with Gasteiger partial charge in [-0.25, -0.2) is 0 Å². The number of rotatable bonds is 15. The Morgan fingerprint density at radius 1 is 0.308 bits per heavy atom. The molecule has 7 aromatic carbocycles. The highest BCUT2D eigenvalue weighted by molar-refractivity contribution is 7.85. The molecule has 52 heavy (non-hydrogen) atoms. The van der Waals surface area contributed by atoms with Crippen LogP contribution < -0.4 is 43.1 Å². The van der Waals surface area contributed by atoms with E-state index in [9.17, 15) is 0 Å². The Kier molecular flexibility index (Phi) is 11.5. The van der Waals surface area contributed by atoms with Crippen molar-refractivity contribution in [1.82, 2.24) is 0 Å². The molecular formula is C42H33O7P3. The average Bonchev–Trinajstić information content (AvgIpc) is 3.20. The fourth-order valence-electron chi connectivity index (χ4n) is 5.18. The van der Waals surface area contributed by atoms with Crippen molar-refractivity contribution in [1.29, 1.82) is 0 Å².